The van der Waals surface area contributed by atoms with Crippen molar-refractivity contribution in [2.75, 3.05) is 5.32 Å². The van der Waals surface area contributed by atoms with Crippen LogP contribution in [0, 0.1) is 0 Å². The Labute approximate surface area is 150 Å². The molecule has 5 nitrogen and oxygen atoms in total. The van der Waals surface area contributed by atoms with E-state index in [-0.39, 0.29) is 5.28 Å². The quantitative estimate of drug-likeness (QED) is 0.674. The lowest BCUT2D eigenvalue weighted by Gasteiger charge is -2.12. The topological polar surface area (TPSA) is 55.6 Å². The molecule has 4 rings (SSSR count). The number of hydrogen-bond acceptors (Lipinski definition) is 4. The van der Waals surface area contributed by atoms with Gasteiger partial charge in [0.05, 0.1) is 6.33 Å². The van der Waals surface area contributed by atoms with Gasteiger partial charge in [-0.05, 0) is 36.1 Å². The highest BCUT2D eigenvalue weighted by molar-refractivity contribution is 6.31. The minimum atomic E-state index is 0.226. The number of imidazole rings is 1. The molecule has 3 aromatic rings. The zero-order valence-electron chi connectivity index (χ0n) is 13.0. The second-order valence-electron chi connectivity index (χ2n) is 6.05. The first kappa shape index (κ1) is 15.7. The van der Waals surface area contributed by atoms with Crippen molar-refractivity contribution >= 4 is 40.2 Å². The fourth-order valence-corrected chi connectivity index (χ4v) is 3.65. The van der Waals surface area contributed by atoms with Crippen LogP contribution in [0.4, 0.5) is 5.82 Å². The van der Waals surface area contributed by atoms with Crippen LogP contribution in [0.15, 0.2) is 30.6 Å². The highest BCUT2D eigenvalue weighted by atomic mass is 35.5. The summed E-state index contributed by atoms with van der Waals surface area (Å²) < 4.78 is 2.14. The molecule has 2 heterocycles. The van der Waals surface area contributed by atoms with Gasteiger partial charge in [0.15, 0.2) is 17.0 Å². The molecule has 0 amide bonds. The molecular formula is C17H17Cl2N5. The van der Waals surface area contributed by atoms with Crippen LogP contribution in [0.3, 0.4) is 0 Å². The van der Waals surface area contributed by atoms with Crippen LogP contribution in [0.1, 0.15) is 37.3 Å². The molecular weight excluding hydrogens is 345 g/mol. The van der Waals surface area contributed by atoms with Crippen LogP contribution in [-0.4, -0.2) is 19.5 Å². The SMILES string of the molecule is Clc1nc(NCc2ccccc2Cl)c2ncn(C3CCCC3)c2n1. The number of rotatable bonds is 4. The molecule has 1 N–H and O–H groups in total. The Morgan fingerprint density at radius 3 is 2.71 bits per heavy atom. The van der Waals surface area contributed by atoms with Crippen LogP contribution in [0.5, 0.6) is 0 Å². The number of benzene rings is 1. The molecule has 1 fully saturated rings. The maximum Gasteiger partial charge on any atom is 0.226 e. The van der Waals surface area contributed by atoms with Crippen molar-refractivity contribution in [1.29, 1.82) is 0 Å². The number of nitrogens with zero attached hydrogens (tertiary/aromatic N) is 4. The summed E-state index contributed by atoms with van der Waals surface area (Å²) in [7, 11) is 0. The molecule has 0 bridgehead atoms. The van der Waals surface area contributed by atoms with E-state index in [0.29, 0.717) is 18.4 Å². The predicted molar refractivity (Wildman–Crippen MR) is 96.6 cm³/mol. The molecule has 1 aliphatic carbocycles. The Balaban J connectivity index is 1.66. The average molecular weight is 362 g/mol. The maximum atomic E-state index is 6.21. The lowest BCUT2D eigenvalue weighted by atomic mass is 10.2. The summed E-state index contributed by atoms with van der Waals surface area (Å²) in [6.07, 6.45) is 6.68. The van der Waals surface area contributed by atoms with E-state index in [4.69, 9.17) is 23.2 Å². The summed E-state index contributed by atoms with van der Waals surface area (Å²) in [5.74, 6) is 0.640. The first-order valence-corrected chi connectivity index (χ1v) is 8.85. The van der Waals surface area contributed by atoms with Gasteiger partial charge in [-0.15, -0.1) is 0 Å². The molecule has 1 aliphatic rings. The van der Waals surface area contributed by atoms with Gasteiger partial charge in [0.2, 0.25) is 5.28 Å². The zero-order valence-corrected chi connectivity index (χ0v) is 14.6. The van der Waals surface area contributed by atoms with Gasteiger partial charge < -0.3 is 9.88 Å². The number of halogens is 2. The first-order chi connectivity index (χ1) is 11.7. The number of anilines is 1. The van der Waals surface area contributed by atoms with Crippen LogP contribution in [0.2, 0.25) is 10.3 Å². The Morgan fingerprint density at radius 1 is 1.12 bits per heavy atom. The lowest BCUT2D eigenvalue weighted by Crippen LogP contribution is -2.06. The second-order valence-corrected chi connectivity index (χ2v) is 6.79. The van der Waals surface area contributed by atoms with E-state index < -0.39 is 0 Å². The molecule has 0 aliphatic heterocycles. The summed E-state index contributed by atoms with van der Waals surface area (Å²) in [6.45, 7) is 0.554. The summed E-state index contributed by atoms with van der Waals surface area (Å²) >= 11 is 12.4. The highest BCUT2D eigenvalue weighted by Crippen LogP contribution is 2.33. The lowest BCUT2D eigenvalue weighted by molar-refractivity contribution is 0.529. The molecule has 0 spiro atoms. The van der Waals surface area contributed by atoms with Crippen molar-refractivity contribution in [2.45, 2.75) is 38.3 Å². The van der Waals surface area contributed by atoms with E-state index in [0.717, 1.165) is 34.6 Å². The van der Waals surface area contributed by atoms with E-state index in [9.17, 15) is 0 Å². The van der Waals surface area contributed by atoms with Crippen molar-refractivity contribution in [3.8, 4) is 0 Å². The van der Waals surface area contributed by atoms with Crippen LogP contribution in [0.25, 0.3) is 11.2 Å². The molecule has 7 heteroatoms. The molecule has 2 aromatic heterocycles. The molecule has 124 valence electrons. The minimum absolute atomic E-state index is 0.226. The van der Waals surface area contributed by atoms with Gasteiger partial charge in [0.1, 0.15) is 0 Å². The van der Waals surface area contributed by atoms with Crippen molar-refractivity contribution in [2.24, 2.45) is 0 Å². The number of nitrogens with one attached hydrogen (secondary N) is 1. The van der Waals surface area contributed by atoms with Crippen LogP contribution < -0.4 is 5.32 Å². The fourth-order valence-electron chi connectivity index (χ4n) is 3.28. The van der Waals surface area contributed by atoms with Gasteiger partial charge in [-0.3, -0.25) is 0 Å². The van der Waals surface area contributed by atoms with E-state index in [1.54, 1.807) is 0 Å². The predicted octanol–water partition coefficient (Wildman–Crippen LogP) is 4.86. The van der Waals surface area contributed by atoms with E-state index in [1.165, 1.54) is 12.8 Å². The largest absolute Gasteiger partial charge is 0.364 e. The maximum absolute atomic E-state index is 6.21. The smallest absolute Gasteiger partial charge is 0.226 e. The van der Waals surface area contributed by atoms with Gasteiger partial charge >= 0.3 is 0 Å². The Hall–Kier alpha value is -1.85. The summed E-state index contributed by atoms with van der Waals surface area (Å²) in [6, 6.07) is 8.18. The normalized spacial score (nSPS) is 15.2. The zero-order chi connectivity index (χ0) is 16.5. The highest BCUT2D eigenvalue weighted by Gasteiger charge is 2.21. The van der Waals surface area contributed by atoms with Gasteiger partial charge in [-0.1, -0.05) is 42.6 Å². The number of fused-ring (bicyclic) bond motifs is 1. The van der Waals surface area contributed by atoms with Crippen molar-refractivity contribution in [3.05, 3.63) is 46.5 Å². The molecule has 1 saturated carbocycles. The Bertz CT molecular complexity index is 871. The Morgan fingerprint density at radius 2 is 1.92 bits per heavy atom. The molecule has 0 saturated heterocycles. The second kappa shape index (κ2) is 6.57. The van der Waals surface area contributed by atoms with E-state index in [2.05, 4.69) is 24.8 Å². The third-order valence-corrected chi connectivity index (χ3v) is 5.05. The van der Waals surface area contributed by atoms with Crippen molar-refractivity contribution in [3.63, 3.8) is 0 Å². The third-order valence-electron chi connectivity index (χ3n) is 4.52. The molecule has 0 unspecified atom stereocenters. The van der Waals surface area contributed by atoms with Crippen molar-refractivity contribution in [1.82, 2.24) is 19.5 Å². The van der Waals surface area contributed by atoms with E-state index >= 15 is 0 Å². The first-order valence-electron chi connectivity index (χ1n) is 8.10. The van der Waals surface area contributed by atoms with Crippen LogP contribution in [-0.2, 0) is 6.54 Å². The van der Waals surface area contributed by atoms with Gasteiger partial charge in [0.25, 0.3) is 0 Å². The minimum Gasteiger partial charge on any atom is -0.364 e. The summed E-state index contributed by atoms with van der Waals surface area (Å²) in [4.78, 5) is 13.2. The van der Waals surface area contributed by atoms with E-state index in [1.807, 2.05) is 30.6 Å². The summed E-state index contributed by atoms with van der Waals surface area (Å²) in [5, 5.41) is 4.24. The number of hydrogen-bond donors (Lipinski definition) is 1. The standard InChI is InChI=1S/C17H17Cl2N5/c18-13-8-4-1-5-11(13)9-20-15-14-16(23-17(19)22-15)24(10-21-14)12-6-2-3-7-12/h1,4-5,8,10,12H,2-3,6-7,9H2,(H,20,22,23). The Kier molecular flexibility index (Phi) is 4.29. The van der Waals surface area contributed by atoms with Crippen LogP contribution >= 0.6 is 23.2 Å². The third kappa shape index (κ3) is 2.94. The monoisotopic (exact) mass is 361 g/mol. The number of aromatic nitrogens is 4. The molecule has 0 radical (unpaired) electrons. The van der Waals surface area contributed by atoms with Gasteiger partial charge in [-0.2, -0.15) is 9.97 Å². The fraction of sp³-hybridized carbons (Fsp3) is 0.353. The van der Waals surface area contributed by atoms with Gasteiger partial charge in [-0.25, -0.2) is 4.98 Å². The van der Waals surface area contributed by atoms with Gasteiger partial charge in [0, 0.05) is 17.6 Å². The molecule has 24 heavy (non-hydrogen) atoms. The molecule has 1 aromatic carbocycles. The average Bonchev–Trinajstić information content (AvgIpc) is 3.22. The van der Waals surface area contributed by atoms with Crippen molar-refractivity contribution < 1.29 is 0 Å². The molecule has 0 atom stereocenters. The summed E-state index contributed by atoms with van der Waals surface area (Å²) in [5.41, 5.74) is 2.54.